The maximum Gasteiger partial charge on any atom is 0.279 e. The average molecular weight is 463 g/mol. The van der Waals surface area contributed by atoms with E-state index in [4.69, 9.17) is 4.52 Å². The van der Waals surface area contributed by atoms with Crippen LogP contribution in [0.15, 0.2) is 76.7 Å². The molecular weight excluding hydrogens is 444 g/mol. The predicted octanol–water partition coefficient (Wildman–Crippen LogP) is 5.03. The molecule has 4 heterocycles. The summed E-state index contributed by atoms with van der Waals surface area (Å²) in [6.45, 7) is 0.416. The number of hydrogen-bond acceptors (Lipinski definition) is 7. The molecule has 32 heavy (non-hydrogen) atoms. The number of thiophene rings is 1. The third kappa shape index (κ3) is 3.04. The first kappa shape index (κ1) is 19.5. The van der Waals surface area contributed by atoms with E-state index in [1.807, 2.05) is 24.3 Å². The number of aromatic nitrogens is 3. The van der Waals surface area contributed by atoms with Gasteiger partial charge in [0.2, 0.25) is 0 Å². The van der Waals surface area contributed by atoms with Gasteiger partial charge in [-0.05, 0) is 25.0 Å². The van der Waals surface area contributed by atoms with Crippen LogP contribution in [0.5, 0.6) is 0 Å². The molecule has 0 N–H and O–H groups in total. The maximum absolute atomic E-state index is 13.4. The molecule has 1 aliphatic heterocycles. The Kier molecular flexibility index (Phi) is 4.56. The summed E-state index contributed by atoms with van der Waals surface area (Å²) < 4.78 is 35.9. The highest BCUT2D eigenvalue weighted by atomic mass is 32.2. The van der Waals surface area contributed by atoms with Crippen molar-refractivity contribution in [2.24, 2.45) is 0 Å². The fourth-order valence-electron chi connectivity index (χ4n) is 4.39. The predicted molar refractivity (Wildman–Crippen MR) is 123 cm³/mol. The smallest absolute Gasteiger partial charge is 0.279 e. The zero-order chi connectivity index (χ0) is 21.7. The third-order valence-corrected chi connectivity index (χ3v) is 8.86. The second kappa shape index (κ2) is 7.47. The maximum atomic E-state index is 13.4. The van der Waals surface area contributed by atoms with Crippen LogP contribution in [-0.4, -0.2) is 34.4 Å². The van der Waals surface area contributed by atoms with Crippen molar-refractivity contribution in [1.82, 2.24) is 19.4 Å². The summed E-state index contributed by atoms with van der Waals surface area (Å²) in [4.78, 5) is 8.20. The van der Waals surface area contributed by atoms with E-state index >= 15 is 0 Å². The van der Waals surface area contributed by atoms with Gasteiger partial charge in [0, 0.05) is 44.5 Å². The summed E-state index contributed by atoms with van der Waals surface area (Å²) in [5, 5.41) is 6.30. The van der Waals surface area contributed by atoms with E-state index in [0.29, 0.717) is 24.4 Å². The lowest BCUT2D eigenvalue weighted by molar-refractivity contribution is 0.316. The number of fused-ring (bicyclic) bond motifs is 3. The van der Waals surface area contributed by atoms with Crippen LogP contribution in [0, 0.1) is 0 Å². The van der Waals surface area contributed by atoms with E-state index in [2.05, 4.69) is 33.3 Å². The third-order valence-electron chi connectivity index (χ3n) is 5.88. The standard InChI is InChI=1S/C23H18N4O3S2/c28-32(29,27-12-4-8-20(27)18-10-11-24-14-25-18)22-13-19(26-30-22)17-7-3-6-16-15-5-1-2-9-21(15)31-23(16)17/h1-3,5-7,9-11,13-14,20H,4,8,12H2. The Morgan fingerprint density at radius 1 is 1.06 bits per heavy atom. The molecule has 3 aromatic heterocycles. The Morgan fingerprint density at radius 3 is 2.81 bits per heavy atom. The first-order valence-electron chi connectivity index (χ1n) is 10.3. The largest absolute Gasteiger partial charge is 0.343 e. The molecule has 5 aromatic rings. The molecule has 1 saturated heterocycles. The lowest BCUT2D eigenvalue weighted by atomic mass is 10.1. The van der Waals surface area contributed by atoms with Crippen LogP contribution in [0.3, 0.4) is 0 Å². The summed E-state index contributed by atoms with van der Waals surface area (Å²) in [5.41, 5.74) is 2.07. The molecular formula is C23H18N4O3S2. The molecule has 0 amide bonds. The minimum atomic E-state index is -3.85. The molecule has 1 aliphatic rings. The molecule has 160 valence electrons. The van der Waals surface area contributed by atoms with Crippen molar-refractivity contribution < 1.29 is 12.9 Å². The fraction of sp³-hybridized carbons (Fsp3) is 0.174. The van der Waals surface area contributed by atoms with Gasteiger partial charge in [-0.15, -0.1) is 11.3 Å². The first-order chi connectivity index (χ1) is 15.6. The van der Waals surface area contributed by atoms with Gasteiger partial charge in [-0.2, -0.15) is 4.31 Å². The molecule has 7 nitrogen and oxygen atoms in total. The summed E-state index contributed by atoms with van der Waals surface area (Å²) >= 11 is 1.67. The van der Waals surface area contributed by atoms with Crippen LogP contribution in [0.4, 0.5) is 0 Å². The van der Waals surface area contributed by atoms with Crippen LogP contribution < -0.4 is 0 Å². The SMILES string of the molecule is O=S(=O)(c1cc(-c2cccc3c2sc2ccccc23)no1)N1CCCC1c1ccncn1. The fourth-order valence-corrected chi connectivity index (χ4v) is 7.16. The molecule has 0 saturated carbocycles. The number of nitrogens with zero attached hydrogens (tertiary/aromatic N) is 4. The summed E-state index contributed by atoms with van der Waals surface area (Å²) in [6, 6.07) is 17.2. The van der Waals surface area contributed by atoms with Crippen LogP contribution in [-0.2, 0) is 10.0 Å². The highest BCUT2D eigenvalue weighted by Crippen LogP contribution is 2.41. The van der Waals surface area contributed by atoms with Gasteiger partial charge in [0.05, 0.1) is 11.7 Å². The van der Waals surface area contributed by atoms with Crippen LogP contribution in [0.2, 0.25) is 0 Å². The summed E-state index contributed by atoms with van der Waals surface area (Å²) in [5.74, 6) is 0. The van der Waals surface area contributed by atoms with Gasteiger partial charge in [-0.25, -0.2) is 18.4 Å². The summed E-state index contributed by atoms with van der Waals surface area (Å²) in [7, 11) is -3.85. The normalized spacial score (nSPS) is 17.4. The van der Waals surface area contributed by atoms with E-state index in [1.54, 1.807) is 23.6 Å². The van der Waals surface area contributed by atoms with Gasteiger partial charge < -0.3 is 4.52 Å². The Hall–Kier alpha value is -3.14. The van der Waals surface area contributed by atoms with Crippen molar-refractivity contribution in [3.63, 3.8) is 0 Å². The number of hydrogen-bond donors (Lipinski definition) is 0. The Balaban J connectivity index is 1.41. The van der Waals surface area contributed by atoms with Crippen LogP contribution >= 0.6 is 11.3 Å². The Bertz CT molecular complexity index is 1540. The monoisotopic (exact) mass is 462 g/mol. The van der Waals surface area contributed by atoms with Gasteiger partial charge in [0.15, 0.2) is 0 Å². The molecule has 1 fully saturated rings. The van der Waals surface area contributed by atoms with E-state index < -0.39 is 10.0 Å². The molecule has 2 aromatic carbocycles. The lowest BCUT2D eigenvalue weighted by Gasteiger charge is -2.21. The van der Waals surface area contributed by atoms with Gasteiger partial charge in [-0.3, -0.25) is 0 Å². The highest BCUT2D eigenvalue weighted by molar-refractivity contribution is 7.89. The van der Waals surface area contributed by atoms with Crippen LogP contribution in [0.25, 0.3) is 31.4 Å². The van der Waals surface area contributed by atoms with E-state index in [-0.39, 0.29) is 11.1 Å². The average Bonchev–Trinajstić information content (AvgIpc) is 3.58. The van der Waals surface area contributed by atoms with Crippen molar-refractivity contribution in [2.75, 3.05) is 6.54 Å². The molecule has 1 unspecified atom stereocenters. The topological polar surface area (TPSA) is 89.2 Å². The second-order valence-electron chi connectivity index (χ2n) is 7.72. The molecule has 0 spiro atoms. The molecule has 9 heteroatoms. The zero-order valence-corrected chi connectivity index (χ0v) is 18.5. The molecule has 6 rings (SSSR count). The second-order valence-corrected chi connectivity index (χ2v) is 10.6. The lowest BCUT2D eigenvalue weighted by Crippen LogP contribution is -2.30. The first-order valence-corrected chi connectivity index (χ1v) is 12.5. The van der Waals surface area contributed by atoms with Gasteiger partial charge in [-0.1, -0.05) is 41.6 Å². The van der Waals surface area contributed by atoms with Gasteiger partial charge in [0.25, 0.3) is 15.1 Å². The summed E-state index contributed by atoms with van der Waals surface area (Å²) in [6.07, 6.45) is 4.54. The van der Waals surface area contributed by atoms with E-state index in [0.717, 1.165) is 22.1 Å². The Morgan fingerprint density at radius 2 is 1.94 bits per heavy atom. The van der Waals surface area contributed by atoms with Crippen molar-refractivity contribution >= 4 is 41.5 Å². The van der Waals surface area contributed by atoms with Crippen molar-refractivity contribution in [3.8, 4) is 11.3 Å². The van der Waals surface area contributed by atoms with Crippen LogP contribution in [0.1, 0.15) is 24.6 Å². The minimum Gasteiger partial charge on any atom is -0.343 e. The molecule has 0 bridgehead atoms. The number of benzene rings is 2. The molecule has 0 radical (unpaired) electrons. The number of sulfonamides is 1. The van der Waals surface area contributed by atoms with Crippen molar-refractivity contribution in [2.45, 2.75) is 24.0 Å². The van der Waals surface area contributed by atoms with Crippen molar-refractivity contribution in [3.05, 3.63) is 72.8 Å². The zero-order valence-electron chi connectivity index (χ0n) is 16.9. The molecule has 0 aliphatic carbocycles. The number of rotatable bonds is 4. The van der Waals surface area contributed by atoms with E-state index in [9.17, 15) is 8.42 Å². The van der Waals surface area contributed by atoms with Crippen molar-refractivity contribution in [1.29, 1.82) is 0 Å². The quantitative estimate of drug-likeness (QED) is 0.372. The Labute approximate surface area is 188 Å². The molecule has 1 atom stereocenters. The van der Waals surface area contributed by atoms with E-state index in [1.165, 1.54) is 26.8 Å². The van der Waals surface area contributed by atoms with Gasteiger partial charge in [0.1, 0.15) is 12.0 Å². The van der Waals surface area contributed by atoms with Gasteiger partial charge >= 0.3 is 0 Å². The minimum absolute atomic E-state index is 0.147. The highest BCUT2D eigenvalue weighted by Gasteiger charge is 2.39.